The summed E-state index contributed by atoms with van der Waals surface area (Å²) in [4.78, 5) is 2.25. The first-order valence-corrected chi connectivity index (χ1v) is 4.98. The van der Waals surface area contributed by atoms with Gasteiger partial charge < -0.3 is 4.74 Å². The first kappa shape index (κ1) is 10.5. The molecule has 74 valence electrons. The third-order valence-corrected chi connectivity index (χ3v) is 2.70. The van der Waals surface area contributed by atoms with Crippen molar-refractivity contribution in [2.75, 3.05) is 26.8 Å². The maximum absolute atomic E-state index is 8.66. The van der Waals surface area contributed by atoms with Crippen LogP contribution in [0.1, 0.15) is 25.7 Å². The summed E-state index contributed by atoms with van der Waals surface area (Å²) in [6, 6.07) is 2.86. The summed E-state index contributed by atoms with van der Waals surface area (Å²) in [5.41, 5.74) is 0. The molecule has 1 aliphatic rings. The molecule has 1 fully saturated rings. The van der Waals surface area contributed by atoms with Gasteiger partial charge in [0.05, 0.1) is 19.2 Å². The van der Waals surface area contributed by atoms with Crippen LogP contribution in [0.25, 0.3) is 0 Å². The van der Waals surface area contributed by atoms with Crippen LogP contribution in [0, 0.1) is 11.3 Å². The quantitative estimate of drug-likeness (QED) is 0.603. The lowest BCUT2D eigenvalue weighted by molar-refractivity contribution is 0.131. The fourth-order valence-electron chi connectivity index (χ4n) is 1.96. The van der Waals surface area contributed by atoms with Crippen molar-refractivity contribution in [3.63, 3.8) is 0 Å². The Bertz CT molecular complexity index is 170. The van der Waals surface area contributed by atoms with Gasteiger partial charge in [-0.05, 0) is 12.8 Å². The van der Waals surface area contributed by atoms with Crippen LogP contribution in [0.2, 0.25) is 0 Å². The maximum atomic E-state index is 8.66. The first-order chi connectivity index (χ1) is 6.38. The van der Waals surface area contributed by atoms with E-state index < -0.39 is 0 Å². The monoisotopic (exact) mass is 182 g/mol. The standard InChI is InChI=1S/C10H18N2O/c1-13-9-8-12(7-6-11)10-4-2-3-5-10/h10H,2-5,7-9H2,1H3. The van der Waals surface area contributed by atoms with E-state index in [-0.39, 0.29) is 0 Å². The van der Waals surface area contributed by atoms with Crippen LogP contribution >= 0.6 is 0 Å². The average Bonchev–Trinajstić information content (AvgIpc) is 2.65. The molecule has 0 aromatic heterocycles. The van der Waals surface area contributed by atoms with E-state index in [1.165, 1.54) is 25.7 Å². The van der Waals surface area contributed by atoms with Crippen LogP contribution in [0.3, 0.4) is 0 Å². The molecule has 0 aromatic rings. The van der Waals surface area contributed by atoms with E-state index in [0.29, 0.717) is 12.6 Å². The lowest BCUT2D eigenvalue weighted by Gasteiger charge is -2.25. The van der Waals surface area contributed by atoms with Gasteiger partial charge in [0.25, 0.3) is 0 Å². The van der Waals surface area contributed by atoms with Crippen molar-refractivity contribution < 1.29 is 4.74 Å². The highest BCUT2D eigenvalue weighted by atomic mass is 16.5. The van der Waals surface area contributed by atoms with E-state index in [0.717, 1.165) is 13.2 Å². The van der Waals surface area contributed by atoms with Crippen LogP contribution in [-0.4, -0.2) is 37.7 Å². The van der Waals surface area contributed by atoms with Crippen molar-refractivity contribution in [3.8, 4) is 6.07 Å². The molecule has 1 aliphatic carbocycles. The zero-order chi connectivity index (χ0) is 9.52. The summed E-state index contributed by atoms with van der Waals surface area (Å²) >= 11 is 0. The molecule has 0 aliphatic heterocycles. The molecule has 3 nitrogen and oxygen atoms in total. The van der Waals surface area contributed by atoms with Gasteiger partial charge in [-0.1, -0.05) is 12.8 Å². The van der Waals surface area contributed by atoms with Crippen molar-refractivity contribution in [3.05, 3.63) is 0 Å². The number of hydrogen-bond donors (Lipinski definition) is 0. The third kappa shape index (κ3) is 3.33. The van der Waals surface area contributed by atoms with Gasteiger partial charge in [0.1, 0.15) is 0 Å². The van der Waals surface area contributed by atoms with Gasteiger partial charge in [0.15, 0.2) is 0 Å². The molecule has 3 heteroatoms. The molecule has 1 saturated carbocycles. The minimum atomic E-state index is 0.550. The molecule has 0 aromatic carbocycles. The summed E-state index contributed by atoms with van der Waals surface area (Å²) in [5.74, 6) is 0. The van der Waals surface area contributed by atoms with Crippen molar-refractivity contribution in [1.82, 2.24) is 4.90 Å². The summed E-state index contributed by atoms with van der Waals surface area (Å²) < 4.78 is 5.03. The second-order valence-corrected chi connectivity index (χ2v) is 3.56. The number of ether oxygens (including phenoxy) is 1. The van der Waals surface area contributed by atoms with E-state index >= 15 is 0 Å². The average molecular weight is 182 g/mol. The molecule has 0 radical (unpaired) electrons. The van der Waals surface area contributed by atoms with E-state index in [9.17, 15) is 0 Å². The largest absolute Gasteiger partial charge is 0.383 e. The zero-order valence-electron chi connectivity index (χ0n) is 8.33. The Morgan fingerprint density at radius 3 is 2.69 bits per heavy atom. The Hall–Kier alpha value is -0.590. The van der Waals surface area contributed by atoms with Gasteiger partial charge in [-0.2, -0.15) is 5.26 Å². The summed E-state index contributed by atoms with van der Waals surface area (Å²) in [7, 11) is 1.71. The van der Waals surface area contributed by atoms with Gasteiger partial charge in [-0.3, -0.25) is 4.90 Å². The second kappa shape index (κ2) is 5.95. The lowest BCUT2D eigenvalue weighted by atomic mass is 10.2. The van der Waals surface area contributed by atoms with Crippen LogP contribution in [0.5, 0.6) is 0 Å². The molecule has 0 amide bonds. The van der Waals surface area contributed by atoms with Crippen LogP contribution in [-0.2, 0) is 4.74 Å². The molecule has 0 unspecified atom stereocenters. The van der Waals surface area contributed by atoms with Gasteiger partial charge >= 0.3 is 0 Å². The molecule has 0 N–H and O–H groups in total. The van der Waals surface area contributed by atoms with Crippen molar-refractivity contribution >= 4 is 0 Å². The van der Waals surface area contributed by atoms with Gasteiger partial charge in [0, 0.05) is 19.7 Å². The van der Waals surface area contributed by atoms with Gasteiger partial charge in [-0.15, -0.1) is 0 Å². The minimum absolute atomic E-state index is 0.550. The highest BCUT2D eigenvalue weighted by Crippen LogP contribution is 2.22. The molecular formula is C10H18N2O. The van der Waals surface area contributed by atoms with Gasteiger partial charge in [-0.25, -0.2) is 0 Å². The topological polar surface area (TPSA) is 36.3 Å². The number of nitrogens with zero attached hydrogens (tertiary/aromatic N) is 2. The summed E-state index contributed by atoms with van der Waals surface area (Å²) in [6.45, 7) is 2.18. The van der Waals surface area contributed by atoms with Gasteiger partial charge in [0.2, 0.25) is 0 Å². The fraction of sp³-hybridized carbons (Fsp3) is 0.900. The molecule has 0 bridgehead atoms. The van der Waals surface area contributed by atoms with Crippen LogP contribution in [0.15, 0.2) is 0 Å². The number of hydrogen-bond acceptors (Lipinski definition) is 3. The highest BCUT2D eigenvalue weighted by Gasteiger charge is 2.21. The fourth-order valence-corrected chi connectivity index (χ4v) is 1.96. The number of rotatable bonds is 5. The van der Waals surface area contributed by atoms with Crippen LogP contribution in [0.4, 0.5) is 0 Å². The Morgan fingerprint density at radius 1 is 1.46 bits per heavy atom. The SMILES string of the molecule is COCCN(CC#N)C1CCCC1. The zero-order valence-corrected chi connectivity index (χ0v) is 8.33. The molecule has 0 heterocycles. The Morgan fingerprint density at radius 2 is 2.15 bits per heavy atom. The Kier molecular flexibility index (Phi) is 4.81. The first-order valence-electron chi connectivity index (χ1n) is 4.98. The Balaban J connectivity index is 2.32. The third-order valence-electron chi connectivity index (χ3n) is 2.70. The normalized spacial score (nSPS) is 17.9. The van der Waals surface area contributed by atoms with E-state index in [1.54, 1.807) is 7.11 Å². The molecule has 1 rings (SSSR count). The highest BCUT2D eigenvalue weighted by molar-refractivity contribution is 4.84. The van der Waals surface area contributed by atoms with Crippen LogP contribution < -0.4 is 0 Å². The predicted molar refractivity (Wildman–Crippen MR) is 51.3 cm³/mol. The van der Waals surface area contributed by atoms with Crippen molar-refractivity contribution in [2.24, 2.45) is 0 Å². The van der Waals surface area contributed by atoms with E-state index in [4.69, 9.17) is 10.00 Å². The summed E-state index contributed by atoms with van der Waals surface area (Å²) in [6.07, 6.45) is 5.15. The van der Waals surface area contributed by atoms with E-state index in [2.05, 4.69) is 11.0 Å². The molecule has 0 spiro atoms. The lowest BCUT2D eigenvalue weighted by Crippen LogP contribution is -2.36. The van der Waals surface area contributed by atoms with Crippen molar-refractivity contribution in [2.45, 2.75) is 31.7 Å². The predicted octanol–water partition coefficient (Wildman–Crippen LogP) is 1.40. The molecular weight excluding hydrogens is 164 g/mol. The smallest absolute Gasteiger partial charge is 0.0869 e. The number of methoxy groups -OCH3 is 1. The maximum Gasteiger partial charge on any atom is 0.0869 e. The Labute approximate surface area is 80.3 Å². The van der Waals surface area contributed by atoms with Crippen molar-refractivity contribution in [1.29, 1.82) is 5.26 Å². The summed E-state index contributed by atoms with van der Waals surface area (Å²) in [5, 5.41) is 8.66. The molecule has 13 heavy (non-hydrogen) atoms. The molecule has 0 saturated heterocycles. The molecule has 0 atom stereocenters. The second-order valence-electron chi connectivity index (χ2n) is 3.56. The van der Waals surface area contributed by atoms with E-state index in [1.807, 2.05) is 0 Å². The number of nitriles is 1. The minimum Gasteiger partial charge on any atom is -0.383 e.